The van der Waals surface area contributed by atoms with Crippen molar-refractivity contribution in [2.75, 3.05) is 30.5 Å². The zero-order valence-corrected chi connectivity index (χ0v) is 26.1. The second kappa shape index (κ2) is 15.4. The molecule has 42 heavy (non-hydrogen) atoms. The lowest BCUT2D eigenvalue weighted by Crippen LogP contribution is -2.53. The molecule has 1 N–H and O–H groups in total. The molecule has 0 aromatic heterocycles. The fourth-order valence-corrected chi connectivity index (χ4v) is 6.03. The van der Waals surface area contributed by atoms with E-state index < -0.39 is 28.5 Å². The quantitative estimate of drug-likeness (QED) is 0.261. The van der Waals surface area contributed by atoms with Crippen LogP contribution in [0.3, 0.4) is 0 Å². The molecule has 0 fully saturated rings. The molecule has 0 unspecified atom stereocenters. The third-order valence-corrected chi connectivity index (χ3v) is 8.65. The Kier molecular flexibility index (Phi) is 12.0. The second-order valence-electron chi connectivity index (χ2n) is 10.6. The van der Waals surface area contributed by atoms with Gasteiger partial charge in [-0.25, -0.2) is 8.42 Å². The van der Waals surface area contributed by atoms with Gasteiger partial charge in [0.25, 0.3) is 10.0 Å². The highest BCUT2D eigenvalue weighted by Crippen LogP contribution is 2.33. The van der Waals surface area contributed by atoms with E-state index in [-0.39, 0.29) is 29.0 Å². The van der Waals surface area contributed by atoms with Crippen LogP contribution < -0.4 is 14.4 Å². The Labute approximate surface area is 250 Å². The molecule has 3 aromatic rings. The topological polar surface area (TPSA) is 96.0 Å². The van der Waals surface area contributed by atoms with E-state index in [2.05, 4.69) is 5.32 Å². The van der Waals surface area contributed by atoms with Crippen molar-refractivity contribution < 1.29 is 22.7 Å². The van der Waals surface area contributed by atoms with Crippen LogP contribution in [-0.4, -0.2) is 57.4 Å². The van der Waals surface area contributed by atoms with E-state index in [0.29, 0.717) is 31.7 Å². The number of amides is 2. The maximum absolute atomic E-state index is 14.2. The molecule has 0 radical (unpaired) electrons. The van der Waals surface area contributed by atoms with Crippen LogP contribution in [0.5, 0.6) is 5.75 Å². The molecule has 0 heterocycles. The second-order valence-corrected chi connectivity index (χ2v) is 12.5. The summed E-state index contributed by atoms with van der Waals surface area (Å²) in [6, 6.07) is 22.2. The lowest BCUT2D eigenvalue weighted by Gasteiger charge is -2.33. The number of nitrogens with one attached hydrogen (secondary N) is 1. The number of carbonyl (C=O) groups is 2. The maximum Gasteiger partial charge on any atom is 0.264 e. The Bertz CT molecular complexity index is 1410. The normalized spacial score (nSPS) is 12.0. The first kappa shape index (κ1) is 32.7. The van der Waals surface area contributed by atoms with Crippen molar-refractivity contribution in [1.82, 2.24) is 10.2 Å². The van der Waals surface area contributed by atoms with Crippen molar-refractivity contribution in [3.63, 3.8) is 0 Å². The summed E-state index contributed by atoms with van der Waals surface area (Å²) in [6.07, 6.45) is 0.894. The van der Waals surface area contributed by atoms with Gasteiger partial charge < -0.3 is 15.0 Å². The molecule has 8 nitrogen and oxygen atoms in total. The number of sulfonamides is 1. The number of hydrogen-bond acceptors (Lipinski definition) is 5. The van der Waals surface area contributed by atoms with Gasteiger partial charge in [0.1, 0.15) is 18.3 Å². The van der Waals surface area contributed by atoms with Crippen LogP contribution in [0, 0.1) is 12.8 Å². The van der Waals surface area contributed by atoms with E-state index in [4.69, 9.17) is 4.74 Å². The standard InChI is InChI=1S/C33H43N3O5S/c1-6-29(33(38)34-23-25(3)4)35(22-21-27-13-9-8-10-14-27)32(37)24-36(30-15-11-12-16-31(30)41-7-2)42(39,40)28-19-17-26(5)18-20-28/h8-20,25,29H,6-7,21-24H2,1-5H3,(H,34,38)/t29-/m0/s1. The number of ether oxygens (including phenoxy) is 1. The van der Waals surface area contributed by atoms with Gasteiger partial charge in [-0.2, -0.15) is 0 Å². The minimum Gasteiger partial charge on any atom is -0.492 e. The highest BCUT2D eigenvalue weighted by molar-refractivity contribution is 7.92. The van der Waals surface area contributed by atoms with E-state index in [1.165, 1.54) is 17.0 Å². The van der Waals surface area contributed by atoms with E-state index in [1.54, 1.807) is 36.4 Å². The molecular weight excluding hydrogens is 550 g/mol. The molecule has 3 aromatic carbocycles. The first-order valence-electron chi connectivity index (χ1n) is 14.5. The van der Waals surface area contributed by atoms with Gasteiger partial charge in [0.15, 0.2) is 0 Å². The minimum absolute atomic E-state index is 0.0600. The van der Waals surface area contributed by atoms with Crippen molar-refractivity contribution in [1.29, 1.82) is 0 Å². The summed E-state index contributed by atoms with van der Waals surface area (Å²) in [4.78, 5) is 29.1. The number of benzene rings is 3. The van der Waals surface area contributed by atoms with E-state index in [0.717, 1.165) is 15.4 Å². The first-order chi connectivity index (χ1) is 20.1. The van der Waals surface area contributed by atoms with Crippen molar-refractivity contribution in [2.24, 2.45) is 5.92 Å². The smallest absolute Gasteiger partial charge is 0.264 e. The summed E-state index contributed by atoms with van der Waals surface area (Å²) >= 11 is 0. The monoisotopic (exact) mass is 593 g/mol. The molecule has 0 saturated heterocycles. The summed E-state index contributed by atoms with van der Waals surface area (Å²) in [5, 5.41) is 2.95. The zero-order chi connectivity index (χ0) is 30.7. The molecule has 226 valence electrons. The Morgan fingerprint density at radius 3 is 2.17 bits per heavy atom. The van der Waals surface area contributed by atoms with Crippen molar-refractivity contribution in [3.05, 3.63) is 90.0 Å². The molecular formula is C33H43N3O5S. The zero-order valence-electron chi connectivity index (χ0n) is 25.2. The Balaban J connectivity index is 2.05. The lowest BCUT2D eigenvalue weighted by molar-refractivity contribution is -0.139. The fourth-order valence-electron chi connectivity index (χ4n) is 4.61. The van der Waals surface area contributed by atoms with Crippen LogP contribution in [-0.2, 0) is 26.0 Å². The van der Waals surface area contributed by atoms with Gasteiger partial charge in [0.05, 0.1) is 17.2 Å². The highest BCUT2D eigenvalue weighted by Gasteiger charge is 2.34. The van der Waals surface area contributed by atoms with Crippen LogP contribution >= 0.6 is 0 Å². The molecule has 0 aliphatic heterocycles. The summed E-state index contributed by atoms with van der Waals surface area (Å²) in [6.45, 7) is 10.1. The summed E-state index contributed by atoms with van der Waals surface area (Å²) in [5.41, 5.74) is 2.18. The van der Waals surface area contributed by atoms with E-state index in [1.807, 2.05) is 65.0 Å². The number of nitrogens with zero attached hydrogens (tertiary/aromatic N) is 2. The lowest BCUT2D eigenvalue weighted by atomic mass is 10.1. The third-order valence-electron chi connectivity index (χ3n) is 6.88. The van der Waals surface area contributed by atoms with Gasteiger partial charge in [0, 0.05) is 13.1 Å². The van der Waals surface area contributed by atoms with Gasteiger partial charge in [0.2, 0.25) is 11.8 Å². The molecule has 0 bridgehead atoms. The van der Waals surface area contributed by atoms with E-state index >= 15 is 0 Å². The van der Waals surface area contributed by atoms with Gasteiger partial charge in [-0.05, 0) is 62.4 Å². The summed E-state index contributed by atoms with van der Waals surface area (Å²) in [5.74, 6) is -0.138. The van der Waals surface area contributed by atoms with Crippen LogP contribution in [0.1, 0.15) is 45.2 Å². The molecule has 3 rings (SSSR count). The Morgan fingerprint density at radius 2 is 1.55 bits per heavy atom. The molecule has 2 amide bonds. The number of anilines is 1. The molecule has 9 heteroatoms. The average molecular weight is 594 g/mol. The predicted molar refractivity (Wildman–Crippen MR) is 167 cm³/mol. The number of carbonyl (C=O) groups excluding carboxylic acids is 2. The van der Waals surface area contributed by atoms with Crippen LogP contribution in [0.25, 0.3) is 0 Å². The van der Waals surface area contributed by atoms with Gasteiger partial charge in [-0.1, -0.05) is 80.9 Å². The number of para-hydroxylation sites is 2. The number of rotatable bonds is 15. The maximum atomic E-state index is 14.2. The largest absolute Gasteiger partial charge is 0.492 e. The number of aryl methyl sites for hydroxylation is 1. The Morgan fingerprint density at radius 1 is 0.905 bits per heavy atom. The highest BCUT2D eigenvalue weighted by atomic mass is 32.2. The first-order valence-corrected chi connectivity index (χ1v) is 15.9. The van der Waals surface area contributed by atoms with Crippen molar-refractivity contribution in [3.8, 4) is 5.75 Å². The molecule has 0 aliphatic rings. The Hall–Kier alpha value is -3.85. The summed E-state index contributed by atoms with van der Waals surface area (Å²) in [7, 11) is -4.18. The molecule has 0 spiro atoms. The van der Waals surface area contributed by atoms with Gasteiger partial charge >= 0.3 is 0 Å². The van der Waals surface area contributed by atoms with Gasteiger partial charge in [-0.3, -0.25) is 13.9 Å². The third kappa shape index (κ3) is 8.58. The number of hydrogen-bond donors (Lipinski definition) is 1. The van der Waals surface area contributed by atoms with Crippen molar-refractivity contribution in [2.45, 2.75) is 58.4 Å². The SMILES string of the molecule is CCOc1ccccc1N(CC(=O)N(CCc1ccccc1)[C@@H](CC)C(=O)NCC(C)C)S(=O)(=O)c1ccc(C)cc1. The fraction of sp³-hybridized carbons (Fsp3) is 0.394. The minimum atomic E-state index is -4.18. The van der Waals surface area contributed by atoms with Crippen LogP contribution in [0.4, 0.5) is 5.69 Å². The van der Waals surface area contributed by atoms with Crippen LogP contribution in [0.15, 0.2) is 83.8 Å². The predicted octanol–water partition coefficient (Wildman–Crippen LogP) is 5.21. The molecule has 0 aliphatic carbocycles. The molecule has 0 saturated carbocycles. The van der Waals surface area contributed by atoms with Crippen molar-refractivity contribution >= 4 is 27.5 Å². The summed E-state index contributed by atoms with van der Waals surface area (Å²) < 4.78 is 35.1. The molecule has 1 atom stereocenters. The average Bonchev–Trinajstić information content (AvgIpc) is 2.98. The van der Waals surface area contributed by atoms with E-state index in [9.17, 15) is 18.0 Å². The van der Waals surface area contributed by atoms with Gasteiger partial charge in [-0.15, -0.1) is 0 Å². The van der Waals surface area contributed by atoms with Crippen LogP contribution in [0.2, 0.25) is 0 Å².